The van der Waals surface area contributed by atoms with Crippen LogP contribution in [0.5, 0.6) is 0 Å². The number of hydrogen-bond donors (Lipinski definition) is 2. The molecule has 0 bridgehead atoms. The molecule has 10 heteroatoms. The first-order valence-corrected chi connectivity index (χ1v) is 17.6. The zero-order chi connectivity index (χ0) is 29.4. The van der Waals surface area contributed by atoms with Crippen molar-refractivity contribution < 1.29 is 24.2 Å². The van der Waals surface area contributed by atoms with Crippen LogP contribution in [0.25, 0.3) is 0 Å². The quantitative estimate of drug-likeness (QED) is 0.0516. The molecule has 0 heterocycles. The van der Waals surface area contributed by atoms with E-state index < -0.39 is 27.7 Å². The molecule has 0 spiro atoms. The Morgan fingerprint density at radius 1 is 0.667 bits per heavy atom. The summed E-state index contributed by atoms with van der Waals surface area (Å²) in [4.78, 5) is 28.2. The van der Waals surface area contributed by atoms with Crippen molar-refractivity contribution in [3.05, 3.63) is 121 Å². The van der Waals surface area contributed by atoms with E-state index in [-0.39, 0.29) is 6.54 Å². The van der Waals surface area contributed by atoms with Gasteiger partial charge in [0.2, 0.25) is 0 Å². The first kappa shape index (κ1) is 31.8. The fourth-order valence-electron chi connectivity index (χ4n) is 4.48. The third kappa shape index (κ3) is 9.74. The van der Waals surface area contributed by atoms with Crippen LogP contribution in [0.4, 0.5) is 0 Å². The SMILES string of the molecule is O=C(NCCSOOO)C(=O)N(CCP(c1ccccc1)c1ccccc1)CCP(c1ccccc1)c1ccccc1. The molecule has 0 unspecified atom stereocenters. The van der Waals surface area contributed by atoms with E-state index in [4.69, 9.17) is 5.26 Å². The number of carbonyl (C=O) groups excluding carboxylic acids is 2. The lowest BCUT2D eigenvalue weighted by Crippen LogP contribution is -2.46. The number of amides is 2. The number of nitrogens with zero attached hydrogens (tertiary/aromatic N) is 1. The van der Waals surface area contributed by atoms with E-state index in [0.717, 1.165) is 24.4 Å². The molecule has 218 valence electrons. The largest absolute Gasteiger partial charge is 0.347 e. The van der Waals surface area contributed by atoms with Gasteiger partial charge in [-0.25, -0.2) is 5.26 Å². The van der Waals surface area contributed by atoms with Crippen LogP contribution in [0.2, 0.25) is 0 Å². The Hall–Kier alpha value is -3.09. The lowest BCUT2D eigenvalue weighted by molar-refractivity contribution is -0.432. The normalized spacial score (nSPS) is 11.0. The van der Waals surface area contributed by atoms with Crippen molar-refractivity contribution in [1.29, 1.82) is 0 Å². The topological polar surface area (TPSA) is 88.1 Å². The molecule has 0 aliphatic heterocycles. The van der Waals surface area contributed by atoms with Crippen LogP contribution in [0.3, 0.4) is 0 Å². The third-order valence-corrected chi connectivity index (χ3v) is 12.0. The zero-order valence-corrected chi connectivity index (χ0v) is 25.7. The number of hydrogen-bond acceptors (Lipinski definition) is 6. The number of nitrogens with one attached hydrogen (secondary N) is 1. The lowest BCUT2D eigenvalue weighted by Gasteiger charge is -2.28. The summed E-state index contributed by atoms with van der Waals surface area (Å²) in [6.07, 6.45) is 1.46. The second-order valence-corrected chi connectivity index (χ2v) is 14.6. The minimum absolute atomic E-state index is 0.188. The van der Waals surface area contributed by atoms with Crippen LogP contribution >= 0.6 is 27.9 Å². The van der Waals surface area contributed by atoms with E-state index >= 15 is 0 Å². The first-order valence-electron chi connectivity index (χ1n) is 13.6. The molecule has 42 heavy (non-hydrogen) atoms. The average Bonchev–Trinajstić information content (AvgIpc) is 3.05. The number of benzene rings is 4. The van der Waals surface area contributed by atoms with Crippen molar-refractivity contribution in [2.75, 3.05) is 37.7 Å². The Balaban J connectivity index is 1.54. The minimum atomic E-state index is -0.737. The summed E-state index contributed by atoms with van der Waals surface area (Å²) in [5.41, 5.74) is 0. The van der Waals surface area contributed by atoms with Crippen LogP contribution < -0.4 is 26.5 Å². The molecular formula is C32H34N2O5P2S. The minimum Gasteiger partial charge on any atom is -0.347 e. The van der Waals surface area contributed by atoms with Crippen molar-refractivity contribution >= 4 is 60.9 Å². The Labute approximate surface area is 253 Å². The highest BCUT2D eigenvalue weighted by Gasteiger charge is 2.25. The maximum atomic E-state index is 13.6. The van der Waals surface area contributed by atoms with Crippen molar-refractivity contribution in [1.82, 2.24) is 10.2 Å². The molecule has 0 aliphatic carbocycles. The van der Waals surface area contributed by atoms with E-state index in [1.54, 1.807) is 4.90 Å². The molecule has 2 N–H and O–H groups in total. The highest BCUT2D eigenvalue weighted by atomic mass is 32.2. The predicted molar refractivity (Wildman–Crippen MR) is 175 cm³/mol. The lowest BCUT2D eigenvalue weighted by atomic mass is 10.4. The summed E-state index contributed by atoms with van der Waals surface area (Å²) < 4.78 is 4.35. The Kier molecular flexibility index (Phi) is 13.5. The molecule has 0 saturated heterocycles. The van der Waals surface area contributed by atoms with Crippen LogP contribution in [0.1, 0.15) is 0 Å². The number of carbonyl (C=O) groups is 2. The summed E-state index contributed by atoms with van der Waals surface area (Å²) in [5, 5.41) is 19.4. The van der Waals surface area contributed by atoms with Gasteiger partial charge < -0.3 is 10.2 Å². The van der Waals surface area contributed by atoms with Crippen LogP contribution in [0.15, 0.2) is 121 Å². The second-order valence-electron chi connectivity index (χ2n) is 9.16. The fourth-order valence-corrected chi connectivity index (χ4v) is 9.42. The van der Waals surface area contributed by atoms with E-state index in [0.29, 0.717) is 18.8 Å². The van der Waals surface area contributed by atoms with E-state index in [1.165, 1.54) is 21.2 Å². The molecular weight excluding hydrogens is 586 g/mol. The standard InChI is InChI=1S/C32H34N2O5P2S/c35-31(33-21-26-42-39-38-37)32(36)34(22-24-40(27-13-5-1-6-14-27)28-15-7-2-8-16-28)23-25-41(29-17-9-3-10-18-29)30-19-11-4-12-20-30/h1-20,37H,21-26H2,(H,33,35). The van der Waals surface area contributed by atoms with Gasteiger partial charge in [0.1, 0.15) is 0 Å². The van der Waals surface area contributed by atoms with Gasteiger partial charge in [0.15, 0.2) is 0 Å². The second kappa shape index (κ2) is 17.8. The average molecular weight is 621 g/mol. The zero-order valence-electron chi connectivity index (χ0n) is 23.1. The molecule has 0 aromatic heterocycles. The van der Waals surface area contributed by atoms with Crippen molar-refractivity contribution in [3.63, 3.8) is 0 Å². The van der Waals surface area contributed by atoms with Gasteiger partial charge in [-0.2, -0.15) is 0 Å². The van der Waals surface area contributed by atoms with E-state index in [9.17, 15) is 9.59 Å². The van der Waals surface area contributed by atoms with Gasteiger partial charge in [-0.15, -0.1) is 4.33 Å². The monoisotopic (exact) mass is 620 g/mol. The maximum Gasteiger partial charge on any atom is 0.311 e. The van der Waals surface area contributed by atoms with Gasteiger partial charge in [-0.3, -0.25) is 9.59 Å². The summed E-state index contributed by atoms with van der Waals surface area (Å²) in [7, 11) is -1.47. The van der Waals surface area contributed by atoms with Crippen molar-refractivity contribution in [2.45, 2.75) is 0 Å². The van der Waals surface area contributed by atoms with Crippen LogP contribution in [0, 0.1) is 0 Å². The third-order valence-electron chi connectivity index (χ3n) is 6.49. The van der Waals surface area contributed by atoms with Gasteiger partial charge in [-0.05, 0) is 49.4 Å². The van der Waals surface area contributed by atoms with Gasteiger partial charge in [0.05, 0.1) is 0 Å². The molecule has 7 nitrogen and oxygen atoms in total. The van der Waals surface area contributed by atoms with Gasteiger partial charge >= 0.3 is 11.8 Å². The maximum absolute atomic E-state index is 13.6. The first-order chi connectivity index (χ1) is 20.7. The molecule has 0 fully saturated rings. The van der Waals surface area contributed by atoms with Crippen LogP contribution in [-0.4, -0.2) is 59.7 Å². The van der Waals surface area contributed by atoms with Gasteiger partial charge in [0.25, 0.3) is 0 Å². The Morgan fingerprint density at radius 3 is 1.40 bits per heavy atom. The fraction of sp³-hybridized carbons (Fsp3) is 0.188. The molecule has 0 aliphatic rings. The molecule has 4 aromatic rings. The molecule has 2 amide bonds. The van der Waals surface area contributed by atoms with Crippen molar-refractivity contribution in [3.8, 4) is 0 Å². The van der Waals surface area contributed by atoms with E-state index in [2.05, 4.69) is 63.2 Å². The smallest absolute Gasteiger partial charge is 0.311 e. The summed E-state index contributed by atoms with van der Waals surface area (Å²) in [5.74, 6) is -0.903. The molecule has 0 saturated carbocycles. The van der Waals surface area contributed by atoms with Crippen LogP contribution in [-0.2, 0) is 19.0 Å². The highest BCUT2D eigenvalue weighted by molar-refractivity contribution is 7.94. The highest BCUT2D eigenvalue weighted by Crippen LogP contribution is 2.35. The van der Waals surface area contributed by atoms with Gasteiger partial charge in [-0.1, -0.05) is 126 Å². The summed E-state index contributed by atoms with van der Waals surface area (Å²) in [6, 6.07) is 41.5. The predicted octanol–water partition coefficient (Wildman–Crippen LogP) is 4.27. The summed E-state index contributed by atoms with van der Waals surface area (Å²) in [6.45, 7) is 1.09. The Bertz CT molecular complexity index is 1190. The molecule has 0 atom stereocenters. The van der Waals surface area contributed by atoms with E-state index in [1.807, 2.05) is 72.8 Å². The number of rotatable bonds is 15. The Morgan fingerprint density at radius 2 is 1.05 bits per heavy atom. The summed E-state index contributed by atoms with van der Waals surface area (Å²) >= 11 is 0.827. The molecule has 0 radical (unpaired) electrons. The molecule has 4 rings (SSSR count). The van der Waals surface area contributed by atoms with Crippen molar-refractivity contribution in [2.24, 2.45) is 0 Å². The van der Waals surface area contributed by atoms with Gasteiger partial charge in [0, 0.05) is 37.4 Å². The molecule has 4 aromatic carbocycles.